The molecule has 1 amide bonds. The van der Waals surface area contributed by atoms with Crippen LogP contribution in [0.15, 0.2) is 41.9 Å². The fourth-order valence-corrected chi connectivity index (χ4v) is 2.66. The van der Waals surface area contributed by atoms with E-state index in [9.17, 15) is 4.79 Å². The minimum atomic E-state index is -0.543. The fourth-order valence-electron chi connectivity index (χ4n) is 2.66. The van der Waals surface area contributed by atoms with Gasteiger partial charge < -0.3 is 14.8 Å². The maximum Gasteiger partial charge on any atom is 0.239 e. The molecule has 2 aliphatic heterocycles. The monoisotopic (exact) mass is 286 g/mol. The number of nitrogens with zero attached hydrogens (tertiary/aromatic N) is 2. The first kappa shape index (κ1) is 12.5. The third kappa shape index (κ3) is 2.10. The number of hydrogen-bond donors (Lipinski definition) is 2. The smallest absolute Gasteiger partial charge is 0.239 e. The summed E-state index contributed by atoms with van der Waals surface area (Å²) in [5.41, 5.74) is 2.39. The molecule has 3 aliphatic rings. The van der Waals surface area contributed by atoms with Crippen LogP contribution in [-0.4, -0.2) is 46.5 Å². The van der Waals surface area contributed by atoms with Crippen LogP contribution >= 0.6 is 0 Å². The summed E-state index contributed by atoms with van der Waals surface area (Å²) in [6.45, 7) is 5.23. The van der Waals surface area contributed by atoms with Gasteiger partial charge in [0.05, 0.1) is 13.2 Å². The molecule has 1 aromatic heterocycles. The van der Waals surface area contributed by atoms with Gasteiger partial charge in [0.15, 0.2) is 5.82 Å². The van der Waals surface area contributed by atoms with E-state index in [-0.39, 0.29) is 18.1 Å². The van der Waals surface area contributed by atoms with Gasteiger partial charge in [-0.1, -0.05) is 12.7 Å². The minimum Gasteiger partial charge on any atom is -0.371 e. The lowest BCUT2D eigenvalue weighted by Crippen LogP contribution is -2.26. The molecule has 3 atom stereocenters. The number of allylic oxidation sites excluding steroid dienone is 1. The zero-order chi connectivity index (χ0) is 14.4. The summed E-state index contributed by atoms with van der Waals surface area (Å²) in [5, 5.41) is 9.54. The van der Waals surface area contributed by atoms with Crippen LogP contribution < -0.4 is 5.32 Å². The molecular weight excluding hydrogens is 272 g/mol. The van der Waals surface area contributed by atoms with E-state index < -0.39 is 5.92 Å². The number of hydrogen-bond acceptors (Lipinski definition) is 5. The number of aromatic nitrogens is 3. The Bertz CT molecular complexity index is 658. The number of carbonyl (C=O) groups is 1. The van der Waals surface area contributed by atoms with E-state index in [0.29, 0.717) is 12.4 Å². The minimum absolute atomic E-state index is 0.143. The second kappa shape index (κ2) is 4.64. The highest BCUT2D eigenvalue weighted by atomic mass is 16.6. The lowest BCUT2D eigenvalue weighted by atomic mass is 9.87. The number of nitrogens with one attached hydrogen (secondary N) is 2. The van der Waals surface area contributed by atoms with Crippen molar-refractivity contribution in [1.29, 1.82) is 0 Å². The van der Waals surface area contributed by atoms with Crippen LogP contribution in [-0.2, 0) is 14.3 Å². The van der Waals surface area contributed by atoms with Crippen molar-refractivity contribution in [1.82, 2.24) is 20.5 Å². The standard InChI is InChI=1S/C14H14N4O3/c1-7-2-3-9-10(12(7)21-5-8-4-20-8)11(14(19)17-9)13-15-6-16-18-13/h2-3,6,8,11-12H,1,4-5H2,(H,17,19)(H,15,16,18). The van der Waals surface area contributed by atoms with Gasteiger partial charge in [-0.3, -0.25) is 9.89 Å². The van der Waals surface area contributed by atoms with Gasteiger partial charge in [-0.25, -0.2) is 4.98 Å². The van der Waals surface area contributed by atoms with Crippen LogP contribution in [0.5, 0.6) is 0 Å². The molecule has 1 aromatic rings. The third-order valence-corrected chi connectivity index (χ3v) is 3.77. The number of rotatable bonds is 4. The quantitative estimate of drug-likeness (QED) is 0.770. The molecule has 0 saturated carbocycles. The van der Waals surface area contributed by atoms with Crippen molar-refractivity contribution in [3.8, 4) is 0 Å². The van der Waals surface area contributed by atoms with Crippen LogP contribution in [0.1, 0.15) is 11.7 Å². The Balaban J connectivity index is 1.68. The number of ether oxygens (including phenoxy) is 2. The summed E-state index contributed by atoms with van der Waals surface area (Å²) in [6.07, 6.45) is 4.97. The van der Waals surface area contributed by atoms with Crippen LogP contribution in [0.2, 0.25) is 0 Å². The van der Waals surface area contributed by atoms with E-state index >= 15 is 0 Å². The lowest BCUT2D eigenvalue weighted by molar-refractivity contribution is -0.120. The molecule has 3 heterocycles. The number of H-pyrrole nitrogens is 1. The molecule has 0 bridgehead atoms. The average molecular weight is 286 g/mol. The number of amides is 1. The Morgan fingerprint density at radius 1 is 1.48 bits per heavy atom. The van der Waals surface area contributed by atoms with Crippen molar-refractivity contribution in [2.75, 3.05) is 13.2 Å². The Kier molecular flexibility index (Phi) is 2.76. The summed E-state index contributed by atoms with van der Waals surface area (Å²) in [7, 11) is 0. The maximum atomic E-state index is 12.3. The molecule has 0 aromatic carbocycles. The first-order chi connectivity index (χ1) is 10.2. The van der Waals surface area contributed by atoms with E-state index in [1.165, 1.54) is 6.33 Å². The first-order valence-corrected chi connectivity index (χ1v) is 6.74. The Morgan fingerprint density at radius 3 is 3.05 bits per heavy atom. The molecule has 0 spiro atoms. The Morgan fingerprint density at radius 2 is 2.33 bits per heavy atom. The number of carbonyl (C=O) groups excluding carboxylic acids is 1. The van der Waals surface area contributed by atoms with Crippen LogP contribution in [0.4, 0.5) is 0 Å². The molecule has 4 rings (SSSR count). The largest absolute Gasteiger partial charge is 0.371 e. The molecule has 108 valence electrons. The van der Waals surface area contributed by atoms with Crippen LogP contribution in [0, 0.1) is 0 Å². The van der Waals surface area contributed by atoms with Crippen molar-refractivity contribution < 1.29 is 14.3 Å². The molecule has 3 unspecified atom stereocenters. The highest BCUT2D eigenvalue weighted by Crippen LogP contribution is 2.38. The summed E-state index contributed by atoms with van der Waals surface area (Å²) >= 11 is 0. The summed E-state index contributed by atoms with van der Waals surface area (Å²) in [6, 6.07) is 0. The van der Waals surface area contributed by atoms with Crippen molar-refractivity contribution in [3.05, 3.63) is 47.7 Å². The second-order valence-corrected chi connectivity index (χ2v) is 5.23. The van der Waals surface area contributed by atoms with E-state index in [4.69, 9.17) is 9.47 Å². The molecule has 0 radical (unpaired) electrons. The van der Waals surface area contributed by atoms with Crippen molar-refractivity contribution in [2.24, 2.45) is 0 Å². The van der Waals surface area contributed by atoms with Gasteiger partial charge in [0, 0.05) is 11.3 Å². The number of aromatic amines is 1. The van der Waals surface area contributed by atoms with Crippen molar-refractivity contribution >= 4 is 5.91 Å². The molecular formula is C14H14N4O3. The molecule has 7 nitrogen and oxygen atoms in total. The van der Waals surface area contributed by atoms with Crippen molar-refractivity contribution in [2.45, 2.75) is 18.1 Å². The molecule has 2 N–H and O–H groups in total. The van der Waals surface area contributed by atoms with E-state index in [1.807, 2.05) is 12.2 Å². The SMILES string of the molecule is C=C1C=CC2=C(C1OCC1CO1)C(c1nc[nH]n1)C(=O)N2. The average Bonchev–Trinajstić information content (AvgIpc) is 3.01. The Labute approximate surface area is 120 Å². The second-order valence-electron chi connectivity index (χ2n) is 5.23. The predicted octanol–water partition coefficient (Wildman–Crippen LogP) is 0.182. The Hall–Kier alpha value is -2.25. The molecule has 1 saturated heterocycles. The number of epoxide rings is 1. The topological polar surface area (TPSA) is 92.4 Å². The summed E-state index contributed by atoms with van der Waals surface area (Å²) in [4.78, 5) is 16.4. The van der Waals surface area contributed by atoms with E-state index in [0.717, 1.165) is 23.5 Å². The highest BCUT2D eigenvalue weighted by Gasteiger charge is 2.42. The zero-order valence-corrected chi connectivity index (χ0v) is 11.2. The first-order valence-electron chi connectivity index (χ1n) is 6.74. The van der Waals surface area contributed by atoms with Gasteiger partial charge in [-0.15, -0.1) is 0 Å². The summed E-state index contributed by atoms with van der Waals surface area (Å²) < 4.78 is 11.1. The van der Waals surface area contributed by atoms with Crippen LogP contribution in [0.25, 0.3) is 0 Å². The van der Waals surface area contributed by atoms with Gasteiger partial charge >= 0.3 is 0 Å². The van der Waals surface area contributed by atoms with Gasteiger partial charge in [0.1, 0.15) is 24.5 Å². The predicted molar refractivity (Wildman–Crippen MR) is 72.1 cm³/mol. The maximum absolute atomic E-state index is 12.3. The van der Waals surface area contributed by atoms with Gasteiger partial charge in [0.25, 0.3) is 0 Å². The van der Waals surface area contributed by atoms with E-state index in [2.05, 4.69) is 27.1 Å². The highest BCUT2D eigenvalue weighted by molar-refractivity contribution is 5.93. The van der Waals surface area contributed by atoms with Gasteiger partial charge in [-0.05, 0) is 11.6 Å². The van der Waals surface area contributed by atoms with Crippen LogP contribution in [0.3, 0.4) is 0 Å². The normalized spacial score (nSPS) is 30.6. The molecule has 7 heteroatoms. The fraction of sp³-hybridized carbons (Fsp3) is 0.357. The van der Waals surface area contributed by atoms with E-state index in [1.54, 1.807) is 0 Å². The molecule has 21 heavy (non-hydrogen) atoms. The summed E-state index contributed by atoms with van der Waals surface area (Å²) in [5.74, 6) is -0.245. The third-order valence-electron chi connectivity index (χ3n) is 3.77. The molecule has 1 aliphatic carbocycles. The molecule has 1 fully saturated rings. The van der Waals surface area contributed by atoms with Gasteiger partial charge in [-0.2, -0.15) is 5.10 Å². The van der Waals surface area contributed by atoms with Gasteiger partial charge in [0.2, 0.25) is 5.91 Å². The zero-order valence-electron chi connectivity index (χ0n) is 11.2. The lowest BCUT2D eigenvalue weighted by Gasteiger charge is -2.25. The van der Waals surface area contributed by atoms with Crippen molar-refractivity contribution in [3.63, 3.8) is 0 Å².